The topological polar surface area (TPSA) is 144 Å². The zero-order chi connectivity index (χ0) is 19.4. The van der Waals surface area contributed by atoms with Gasteiger partial charge in [-0.05, 0) is 37.8 Å². The van der Waals surface area contributed by atoms with Crippen LogP contribution < -0.4 is 15.4 Å². The summed E-state index contributed by atoms with van der Waals surface area (Å²) < 4.78 is 36.1. The van der Waals surface area contributed by atoms with Gasteiger partial charge in [-0.3, -0.25) is 10.1 Å². The Hall–Kier alpha value is -2.40. The standard InChI is InChI=1S/C16H21N3O7S/c20-13(18-16(22)17-10-3-1-2-4-10)9-25-15(21)12-7-8-14(26-12)27(23,24)19-11-5-6-11/h7-8,10-11,19H,1-6,9H2,(H2,17,18,20,22). The van der Waals surface area contributed by atoms with Gasteiger partial charge in [0.25, 0.3) is 15.9 Å². The van der Waals surface area contributed by atoms with Crippen LogP contribution in [0.2, 0.25) is 0 Å². The molecule has 11 heteroatoms. The highest BCUT2D eigenvalue weighted by molar-refractivity contribution is 7.89. The molecule has 2 aliphatic rings. The molecule has 0 unspecified atom stereocenters. The first-order valence-electron chi connectivity index (χ1n) is 8.73. The van der Waals surface area contributed by atoms with E-state index in [-0.39, 0.29) is 17.8 Å². The first kappa shape index (κ1) is 19.4. The molecule has 3 N–H and O–H groups in total. The monoisotopic (exact) mass is 399 g/mol. The Kier molecular flexibility index (Phi) is 5.80. The van der Waals surface area contributed by atoms with Crippen LogP contribution in [-0.4, -0.2) is 45.0 Å². The van der Waals surface area contributed by atoms with Gasteiger partial charge in [0.2, 0.25) is 10.9 Å². The normalized spacial score (nSPS) is 17.5. The molecule has 2 saturated carbocycles. The van der Waals surface area contributed by atoms with Crippen LogP contribution in [0.15, 0.2) is 21.6 Å². The fourth-order valence-electron chi connectivity index (χ4n) is 2.71. The quantitative estimate of drug-likeness (QED) is 0.571. The maximum absolute atomic E-state index is 12.0. The molecular formula is C16H21N3O7S. The van der Waals surface area contributed by atoms with Gasteiger partial charge in [0.1, 0.15) is 0 Å². The number of carbonyl (C=O) groups excluding carboxylic acids is 3. The van der Waals surface area contributed by atoms with Crippen molar-refractivity contribution in [3.05, 3.63) is 17.9 Å². The lowest BCUT2D eigenvalue weighted by Gasteiger charge is -2.12. The maximum atomic E-state index is 12.0. The summed E-state index contributed by atoms with van der Waals surface area (Å²) in [4.78, 5) is 35.2. The average molecular weight is 399 g/mol. The molecule has 3 rings (SSSR count). The van der Waals surface area contributed by atoms with Gasteiger partial charge in [-0.25, -0.2) is 22.7 Å². The number of amides is 3. The first-order chi connectivity index (χ1) is 12.8. The molecular weight excluding hydrogens is 378 g/mol. The Morgan fingerprint density at radius 2 is 1.78 bits per heavy atom. The summed E-state index contributed by atoms with van der Waals surface area (Å²) in [6.45, 7) is -0.694. The van der Waals surface area contributed by atoms with Crippen molar-refractivity contribution in [2.24, 2.45) is 0 Å². The molecule has 0 spiro atoms. The summed E-state index contributed by atoms with van der Waals surface area (Å²) in [5.41, 5.74) is 0. The third-order valence-electron chi connectivity index (χ3n) is 4.22. The Labute approximate surface area is 156 Å². The fraction of sp³-hybridized carbons (Fsp3) is 0.562. The highest BCUT2D eigenvalue weighted by Crippen LogP contribution is 2.23. The van der Waals surface area contributed by atoms with Crippen LogP contribution in [0.4, 0.5) is 4.79 Å². The van der Waals surface area contributed by atoms with E-state index in [9.17, 15) is 22.8 Å². The van der Waals surface area contributed by atoms with Crippen LogP contribution in [0.25, 0.3) is 0 Å². The highest BCUT2D eigenvalue weighted by Gasteiger charge is 2.30. The Balaban J connectivity index is 1.44. The second-order valence-corrected chi connectivity index (χ2v) is 8.24. The predicted molar refractivity (Wildman–Crippen MR) is 91.3 cm³/mol. The smallest absolute Gasteiger partial charge is 0.374 e. The second kappa shape index (κ2) is 8.09. The van der Waals surface area contributed by atoms with E-state index in [1.165, 1.54) is 0 Å². The number of urea groups is 1. The summed E-state index contributed by atoms with van der Waals surface area (Å²) in [5, 5.41) is 4.33. The molecule has 1 aromatic heterocycles. The number of nitrogens with one attached hydrogen (secondary N) is 3. The van der Waals surface area contributed by atoms with E-state index in [2.05, 4.69) is 15.4 Å². The maximum Gasteiger partial charge on any atom is 0.374 e. The molecule has 0 atom stereocenters. The fourth-order valence-corrected chi connectivity index (χ4v) is 3.95. The average Bonchev–Trinajstić information content (AvgIpc) is 3.07. The van der Waals surface area contributed by atoms with E-state index in [0.29, 0.717) is 0 Å². The van der Waals surface area contributed by atoms with Crippen molar-refractivity contribution in [2.45, 2.75) is 55.7 Å². The number of imide groups is 1. The van der Waals surface area contributed by atoms with Gasteiger partial charge in [0, 0.05) is 12.1 Å². The van der Waals surface area contributed by atoms with Crippen molar-refractivity contribution >= 4 is 27.9 Å². The second-order valence-electron chi connectivity index (χ2n) is 6.59. The van der Waals surface area contributed by atoms with Gasteiger partial charge in [0.15, 0.2) is 6.61 Å². The Bertz CT molecular complexity index is 823. The number of rotatable bonds is 7. The summed E-state index contributed by atoms with van der Waals surface area (Å²) in [7, 11) is -3.83. The lowest BCUT2D eigenvalue weighted by molar-refractivity contribution is -0.123. The van der Waals surface area contributed by atoms with E-state index in [0.717, 1.165) is 50.7 Å². The summed E-state index contributed by atoms with van der Waals surface area (Å²) >= 11 is 0. The predicted octanol–water partition coefficient (Wildman–Crippen LogP) is 0.645. The van der Waals surface area contributed by atoms with Gasteiger partial charge in [-0.1, -0.05) is 12.8 Å². The van der Waals surface area contributed by atoms with E-state index >= 15 is 0 Å². The highest BCUT2D eigenvalue weighted by atomic mass is 32.2. The lowest BCUT2D eigenvalue weighted by Crippen LogP contribution is -2.44. The van der Waals surface area contributed by atoms with E-state index in [1.54, 1.807) is 0 Å². The van der Waals surface area contributed by atoms with Crippen LogP contribution in [0.1, 0.15) is 49.1 Å². The summed E-state index contributed by atoms with van der Waals surface area (Å²) in [6, 6.07) is 1.59. The van der Waals surface area contributed by atoms with Gasteiger partial charge < -0.3 is 14.5 Å². The third kappa shape index (κ3) is 5.54. The minimum atomic E-state index is -3.83. The van der Waals surface area contributed by atoms with Crippen LogP contribution >= 0.6 is 0 Å². The number of ether oxygens (including phenoxy) is 1. The zero-order valence-electron chi connectivity index (χ0n) is 14.5. The molecule has 3 amide bonds. The number of hydrogen-bond donors (Lipinski definition) is 3. The minimum absolute atomic E-state index is 0.0492. The van der Waals surface area contributed by atoms with Gasteiger partial charge in [0.05, 0.1) is 0 Å². The van der Waals surface area contributed by atoms with Crippen molar-refractivity contribution in [1.82, 2.24) is 15.4 Å². The van der Waals surface area contributed by atoms with E-state index in [1.807, 2.05) is 0 Å². The largest absolute Gasteiger partial charge is 0.450 e. The number of furan rings is 1. The van der Waals surface area contributed by atoms with Crippen LogP contribution in [0.5, 0.6) is 0 Å². The minimum Gasteiger partial charge on any atom is -0.450 e. The van der Waals surface area contributed by atoms with Crippen molar-refractivity contribution in [2.75, 3.05) is 6.61 Å². The van der Waals surface area contributed by atoms with E-state index < -0.39 is 39.6 Å². The summed E-state index contributed by atoms with van der Waals surface area (Å²) in [6.07, 6.45) is 5.34. The molecule has 10 nitrogen and oxygen atoms in total. The Morgan fingerprint density at radius 1 is 1.07 bits per heavy atom. The van der Waals surface area contributed by atoms with E-state index in [4.69, 9.17) is 9.15 Å². The number of sulfonamides is 1. The molecule has 1 heterocycles. The SMILES string of the molecule is O=C(COC(=O)c1ccc(S(=O)(=O)NC2CC2)o1)NC(=O)NC1CCCC1. The van der Waals surface area contributed by atoms with Gasteiger partial charge in [-0.15, -0.1) is 0 Å². The molecule has 1 aromatic rings. The van der Waals surface area contributed by atoms with Gasteiger partial charge in [-0.2, -0.15) is 0 Å². The molecule has 0 aromatic carbocycles. The van der Waals surface area contributed by atoms with Crippen LogP contribution in [0, 0.1) is 0 Å². The first-order valence-corrected chi connectivity index (χ1v) is 10.2. The molecule has 2 aliphatic carbocycles. The summed E-state index contributed by atoms with van der Waals surface area (Å²) in [5.74, 6) is -2.16. The number of hydrogen-bond acceptors (Lipinski definition) is 7. The van der Waals surface area contributed by atoms with Crippen molar-refractivity contribution in [3.8, 4) is 0 Å². The lowest BCUT2D eigenvalue weighted by atomic mass is 10.2. The number of esters is 1. The molecule has 0 bridgehead atoms. The molecule has 0 aliphatic heterocycles. The molecule has 2 fully saturated rings. The van der Waals surface area contributed by atoms with Crippen molar-refractivity contribution in [1.29, 1.82) is 0 Å². The van der Waals surface area contributed by atoms with Crippen molar-refractivity contribution in [3.63, 3.8) is 0 Å². The van der Waals surface area contributed by atoms with Gasteiger partial charge >= 0.3 is 12.0 Å². The Morgan fingerprint density at radius 3 is 2.44 bits per heavy atom. The number of carbonyl (C=O) groups is 3. The zero-order valence-corrected chi connectivity index (χ0v) is 15.3. The molecule has 148 valence electrons. The third-order valence-corrected chi connectivity index (χ3v) is 5.62. The molecule has 0 saturated heterocycles. The molecule has 0 radical (unpaired) electrons. The van der Waals surface area contributed by atoms with Crippen LogP contribution in [0.3, 0.4) is 0 Å². The molecule has 27 heavy (non-hydrogen) atoms. The van der Waals surface area contributed by atoms with Crippen molar-refractivity contribution < 1.29 is 32.0 Å². The van der Waals surface area contributed by atoms with Crippen LogP contribution in [-0.2, 0) is 19.6 Å².